The Labute approximate surface area is 160 Å². The number of nitrogens with zero attached hydrogens (tertiary/aromatic N) is 2. The number of hydrogen-bond donors (Lipinski definition) is 0. The van der Waals surface area contributed by atoms with Gasteiger partial charge in [-0.05, 0) is 29.7 Å². The second kappa shape index (κ2) is 9.67. The maximum Gasteiger partial charge on any atom is 0.150 e. The van der Waals surface area contributed by atoms with E-state index in [1.54, 1.807) is 0 Å². The molecule has 26 heavy (non-hydrogen) atoms. The molecule has 4 heteroatoms. The topological polar surface area (TPSA) is 23.6 Å². The first kappa shape index (κ1) is 18.8. The number of benzene rings is 2. The van der Waals surface area contributed by atoms with Gasteiger partial charge in [0.1, 0.15) is 6.29 Å². The highest BCUT2D eigenvalue weighted by molar-refractivity contribution is 6.30. The molecular formula is C22H25ClN2O. The largest absolute Gasteiger partial charge is 0.300 e. The van der Waals surface area contributed by atoms with Gasteiger partial charge in [-0.2, -0.15) is 0 Å². The first-order valence-electron chi connectivity index (χ1n) is 9.14. The summed E-state index contributed by atoms with van der Waals surface area (Å²) in [5, 5.41) is 0.776. The molecule has 1 saturated heterocycles. The third-order valence-corrected chi connectivity index (χ3v) is 5.09. The van der Waals surface area contributed by atoms with E-state index in [1.165, 1.54) is 11.1 Å². The monoisotopic (exact) mass is 368 g/mol. The lowest BCUT2D eigenvalue weighted by Gasteiger charge is -2.34. The van der Waals surface area contributed by atoms with E-state index in [1.807, 2.05) is 36.4 Å². The Hall–Kier alpha value is -1.94. The van der Waals surface area contributed by atoms with Gasteiger partial charge < -0.3 is 4.90 Å². The predicted molar refractivity (Wildman–Crippen MR) is 109 cm³/mol. The minimum Gasteiger partial charge on any atom is -0.300 e. The molecule has 2 aromatic rings. The number of carbonyl (C=O) groups is 1. The maximum atomic E-state index is 10.7. The van der Waals surface area contributed by atoms with Crippen molar-refractivity contribution in [2.24, 2.45) is 0 Å². The predicted octanol–water partition coefficient (Wildman–Crippen LogP) is 4.03. The van der Waals surface area contributed by atoms with Crippen LogP contribution < -0.4 is 0 Å². The summed E-state index contributed by atoms with van der Waals surface area (Å²) in [6.45, 7) is 6.50. The molecule has 0 saturated carbocycles. The van der Waals surface area contributed by atoms with Crippen LogP contribution in [0.15, 0.2) is 54.6 Å². The van der Waals surface area contributed by atoms with Crippen molar-refractivity contribution in [1.82, 2.24) is 9.80 Å². The smallest absolute Gasteiger partial charge is 0.150 e. The summed E-state index contributed by atoms with van der Waals surface area (Å²) >= 11 is 5.91. The van der Waals surface area contributed by atoms with Crippen LogP contribution in [0.5, 0.6) is 0 Å². The van der Waals surface area contributed by atoms with Gasteiger partial charge in [-0.15, -0.1) is 0 Å². The van der Waals surface area contributed by atoms with Crippen molar-refractivity contribution in [2.45, 2.75) is 6.42 Å². The van der Waals surface area contributed by atoms with Crippen LogP contribution in [-0.4, -0.2) is 55.4 Å². The van der Waals surface area contributed by atoms with Crippen LogP contribution in [0, 0.1) is 0 Å². The lowest BCUT2D eigenvalue weighted by Crippen LogP contribution is -2.46. The molecule has 0 N–H and O–H groups in total. The van der Waals surface area contributed by atoms with E-state index in [-0.39, 0.29) is 0 Å². The van der Waals surface area contributed by atoms with E-state index >= 15 is 0 Å². The molecule has 0 atom stereocenters. The number of halogens is 1. The molecule has 0 spiro atoms. The number of hydrogen-bond acceptors (Lipinski definition) is 3. The van der Waals surface area contributed by atoms with Crippen LogP contribution in [0.25, 0.3) is 6.08 Å². The van der Waals surface area contributed by atoms with Crippen LogP contribution in [0.3, 0.4) is 0 Å². The summed E-state index contributed by atoms with van der Waals surface area (Å²) in [4.78, 5) is 15.7. The van der Waals surface area contributed by atoms with Crippen molar-refractivity contribution in [3.05, 3.63) is 76.3 Å². The van der Waals surface area contributed by atoms with E-state index in [0.29, 0.717) is 0 Å². The quantitative estimate of drug-likeness (QED) is 0.689. The van der Waals surface area contributed by atoms with Crippen LogP contribution in [0.2, 0.25) is 5.02 Å². The van der Waals surface area contributed by atoms with E-state index in [9.17, 15) is 4.79 Å². The maximum absolute atomic E-state index is 10.7. The summed E-state index contributed by atoms with van der Waals surface area (Å²) in [7, 11) is 0. The van der Waals surface area contributed by atoms with Gasteiger partial charge >= 0.3 is 0 Å². The Kier molecular flexibility index (Phi) is 7.01. The van der Waals surface area contributed by atoms with Crippen molar-refractivity contribution in [3.63, 3.8) is 0 Å². The fourth-order valence-electron chi connectivity index (χ4n) is 3.16. The molecule has 1 aliphatic heterocycles. The van der Waals surface area contributed by atoms with E-state index in [2.05, 4.69) is 34.1 Å². The molecule has 0 bridgehead atoms. The van der Waals surface area contributed by atoms with Crippen LogP contribution in [0.4, 0.5) is 0 Å². The first-order valence-corrected chi connectivity index (χ1v) is 9.52. The fraction of sp³-hybridized carbons (Fsp3) is 0.318. The second-order valence-corrected chi connectivity index (χ2v) is 7.14. The third kappa shape index (κ3) is 5.80. The molecule has 1 aliphatic rings. The molecule has 0 amide bonds. The molecule has 0 aliphatic carbocycles. The van der Waals surface area contributed by atoms with E-state index in [0.717, 1.165) is 62.6 Å². The Balaban J connectivity index is 1.37. The zero-order valence-corrected chi connectivity index (χ0v) is 15.7. The summed E-state index contributed by atoms with van der Waals surface area (Å²) in [6, 6.07) is 15.8. The highest BCUT2D eigenvalue weighted by atomic mass is 35.5. The minimum atomic E-state index is 0.744. The summed E-state index contributed by atoms with van der Waals surface area (Å²) in [6.07, 6.45) is 6.32. The molecule has 1 heterocycles. The van der Waals surface area contributed by atoms with Gasteiger partial charge in [-0.3, -0.25) is 9.69 Å². The summed E-state index contributed by atoms with van der Waals surface area (Å²) < 4.78 is 0. The molecule has 3 rings (SSSR count). The number of aldehydes is 1. The zero-order chi connectivity index (χ0) is 18.2. The molecule has 136 valence electrons. The van der Waals surface area contributed by atoms with Crippen molar-refractivity contribution in [2.75, 3.05) is 39.3 Å². The van der Waals surface area contributed by atoms with E-state index in [4.69, 9.17) is 11.6 Å². The van der Waals surface area contributed by atoms with Gasteiger partial charge in [-0.1, -0.05) is 60.2 Å². The molecule has 0 unspecified atom stereocenters. The lowest BCUT2D eigenvalue weighted by atomic mass is 10.1. The third-order valence-electron chi connectivity index (χ3n) is 4.84. The Morgan fingerprint density at radius 2 is 1.46 bits per heavy atom. The van der Waals surface area contributed by atoms with E-state index < -0.39 is 0 Å². The first-order chi connectivity index (χ1) is 12.7. The normalized spacial score (nSPS) is 16.2. The summed E-state index contributed by atoms with van der Waals surface area (Å²) in [5.41, 5.74) is 3.23. The Morgan fingerprint density at radius 3 is 2.12 bits per heavy atom. The fourth-order valence-corrected chi connectivity index (χ4v) is 3.28. The number of rotatable bonds is 7. The van der Waals surface area contributed by atoms with Gasteiger partial charge in [0.15, 0.2) is 0 Å². The van der Waals surface area contributed by atoms with Crippen molar-refractivity contribution in [3.8, 4) is 0 Å². The van der Waals surface area contributed by atoms with Crippen LogP contribution in [-0.2, 0) is 6.42 Å². The minimum absolute atomic E-state index is 0.744. The average molecular weight is 369 g/mol. The van der Waals surface area contributed by atoms with Gasteiger partial charge in [0.25, 0.3) is 0 Å². The zero-order valence-electron chi connectivity index (χ0n) is 15.0. The SMILES string of the molecule is O=Cc1ccc(CCN2CCN(CC=Cc3ccc(Cl)cc3)CC2)cc1. The number of carbonyl (C=O) groups excluding carboxylic acids is 1. The van der Waals surface area contributed by atoms with Crippen LogP contribution in [0.1, 0.15) is 21.5 Å². The molecular weight excluding hydrogens is 344 g/mol. The lowest BCUT2D eigenvalue weighted by molar-refractivity contribution is 0.112. The van der Waals surface area contributed by atoms with Gasteiger partial charge in [0.05, 0.1) is 0 Å². The van der Waals surface area contributed by atoms with Crippen molar-refractivity contribution >= 4 is 24.0 Å². The van der Waals surface area contributed by atoms with Gasteiger partial charge in [-0.25, -0.2) is 0 Å². The molecule has 3 nitrogen and oxygen atoms in total. The standard InChI is InChI=1S/C22H25ClN2O/c23-22-9-7-19(8-10-22)2-1-12-24-14-16-25(17-15-24)13-11-20-3-5-21(18-26)6-4-20/h1-10,18H,11-17H2. The second-order valence-electron chi connectivity index (χ2n) is 6.71. The van der Waals surface area contributed by atoms with Crippen molar-refractivity contribution < 1.29 is 4.79 Å². The molecule has 0 radical (unpaired) electrons. The Bertz CT molecular complexity index is 717. The van der Waals surface area contributed by atoms with Crippen molar-refractivity contribution in [1.29, 1.82) is 0 Å². The highest BCUT2D eigenvalue weighted by Gasteiger charge is 2.15. The Morgan fingerprint density at radius 1 is 0.846 bits per heavy atom. The number of piperazine rings is 1. The molecule has 1 fully saturated rings. The molecule has 2 aromatic carbocycles. The molecule has 0 aromatic heterocycles. The highest BCUT2D eigenvalue weighted by Crippen LogP contribution is 2.11. The average Bonchev–Trinajstić information content (AvgIpc) is 2.69. The van der Waals surface area contributed by atoms with Gasteiger partial charge in [0.2, 0.25) is 0 Å². The van der Waals surface area contributed by atoms with Crippen LogP contribution >= 0.6 is 11.6 Å². The van der Waals surface area contributed by atoms with Gasteiger partial charge in [0, 0.05) is 49.9 Å². The summed E-state index contributed by atoms with van der Waals surface area (Å²) in [5.74, 6) is 0.